The summed E-state index contributed by atoms with van der Waals surface area (Å²) in [5, 5.41) is 0.486. The second kappa shape index (κ2) is 5.70. The number of carbonyl (C=O) groups excluding carboxylic acids is 1. The van der Waals surface area contributed by atoms with Gasteiger partial charge in [-0.3, -0.25) is 4.79 Å². The Bertz CT molecular complexity index is 141. The number of halogens is 1. The average Bonchev–Trinajstić information content (AvgIpc) is 2.16. The fourth-order valence-electron chi connectivity index (χ4n) is 1.42. The fourth-order valence-corrected chi connectivity index (χ4v) is 1.70. The molecule has 3 heteroatoms. The molecule has 0 amide bonds. The lowest BCUT2D eigenvalue weighted by Gasteiger charge is -2.21. The van der Waals surface area contributed by atoms with Crippen molar-refractivity contribution in [2.75, 3.05) is 11.9 Å². The monoisotopic (exact) mass is 234 g/mol. The highest BCUT2D eigenvalue weighted by Crippen LogP contribution is 2.17. The molecule has 1 aliphatic heterocycles. The molecule has 0 aromatic rings. The molecule has 2 nitrogen and oxygen atoms in total. The second-order valence-electron chi connectivity index (χ2n) is 3.20. The third kappa shape index (κ3) is 3.68. The quantitative estimate of drug-likeness (QED) is 0.699. The topological polar surface area (TPSA) is 26.3 Å². The van der Waals surface area contributed by atoms with Crippen LogP contribution in [0.2, 0.25) is 0 Å². The fraction of sp³-hybridized carbons (Fsp3) is 0.889. The molecule has 1 aliphatic rings. The Morgan fingerprint density at radius 2 is 2.33 bits per heavy atom. The number of Topliss-reactive ketones (excluding diaryl/α,β-unsaturated/α-hetero) is 1. The van der Waals surface area contributed by atoms with Gasteiger partial charge in [0.05, 0.1) is 11.4 Å². The SMILES string of the molecule is O=C(CBr)CC[C@@H]1CCCCO1. The molecule has 1 heterocycles. The summed E-state index contributed by atoms with van der Waals surface area (Å²) in [6.45, 7) is 0.882. The smallest absolute Gasteiger partial charge is 0.143 e. The van der Waals surface area contributed by atoms with Gasteiger partial charge in [-0.05, 0) is 25.7 Å². The third-order valence-electron chi connectivity index (χ3n) is 2.17. The highest BCUT2D eigenvalue weighted by Gasteiger charge is 2.14. The van der Waals surface area contributed by atoms with Crippen LogP contribution in [-0.4, -0.2) is 23.8 Å². The van der Waals surface area contributed by atoms with Crippen LogP contribution in [0.5, 0.6) is 0 Å². The van der Waals surface area contributed by atoms with Gasteiger partial charge >= 0.3 is 0 Å². The number of ether oxygens (including phenoxy) is 1. The Morgan fingerprint density at radius 1 is 1.50 bits per heavy atom. The minimum Gasteiger partial charge on any atom is -0.378 e. The largest absolute Gasteiger partial charge is 0.378 e. The van der Waals surface area contributed by atoms with E-state index >= 15 is 0 Å². The predicted molar refractivity (Wildman–Crippen MR) is 51.6 cm³/mol. The number of ketones is 1. The lowest BCUT2D eigenvalue weighted by atomic mass is 10.0. The summed E-state index contributed by atoms with van der Waals surface area (Å²) in [7, 11) is 0. The van der Waals surface area contributed by atoms with Crippen LogP contribution in [0.4, 0.5) is 0 Å². The second-order valence-corrected chi connectivity index (χ2v) is 3.76. The molecule has 0 radical (unpaired) electrons. The van der Waals surface area contributed by atoms with Crippen molar-refractivity contribution in [1.82, 2.24) is 0 Å². The Labute approximate surface area is 81.8 Å². The van der Waals surface area contributed by atoms with Crippen LogP contribution in [0.15, 0.2) is 0 Å². The van der Waals surface area contributed by atoms with E-state index in [1.165, 1.54) is 12.8 Å². The molecular formula is C9H15BrO2. The van der Waals surface area contributed by atoms with Gasteiger partial charge in [0.25, 0.3) is 0 Å². The minimum absolute atomic E-state index is 0.282. The molecule has 12 heavy (non-hydrogen) atoms. The average molecular weight is 235 g/mol. The van der Waals surface area contributed by atoms with Crippen LogP contribution in [0.25, 0.3) is 0 Å². The van der Waals surface area contributed by atoms with Gasteiger partial charge in [-0.1, -0.05) is 15.9 Å². The van der Waals surface area contributed by atoms with E-state index in [4.69, 9.17) is 4.74 Å². The van der Waals surface area contributed by atoms with Crippen molar-refractivity contribution in [2.24, 2.45) is 0 Å². The highest BCUT2D eigenvalue weighted by atomic mass is 79.9. The van der Waals surface area contributed by atoms with Gasteiger partial charge in [-0.2, -0.15) is 0 Å². The zero-order valence-corrected chi connectivity index (χ0v) is 8.81. The van der Waals surface area contributed by atoms with E-state index < -0.39 is 0 Å². The van der Waals surface area contributed by atoms with Crippen LogP contribution in [0.1, 0.15) is 32.1 Å². The first-order chi connectivity index (χ1) is 5.83. The molecule has 0 aromatic carbocycles. The predicted octanol–water partition coefficient (Wildman–Crippen LogP) is 2.30. The van der Waals surface area contributed by atoms with Gasteiger partial charge in [0.1, 0.15) is 5.78 Å². The molecule has 0 bridgehead atoms. The molecule has 1 saturated heterocycles. The van der Waals surface area contributed by atoms with Crippen LogP contribution < -0.4 is 0 Å². The minimum atomic E-state index is 0.282. The van der Waals surface area contributed by atoms with E-state index in [1.807, 2.05) is 0 Å². The maximum atomic E-state index is 11.0. The van der Waals surface area contributed by atoms with E-state index in [-0.39, 0.29) is 5.78 Å². The lowest BCUT2D eigenvalue weighted by molar-refractivity contribution is -0.117. The first-order valence-electron chi connectivity index (χ1n) is 4.52. The molecular weight excluding hydrogens is 220 g/mol. The van der Waals surface area contributed by atoms with E-state index in [0.29, 0.717) is 17.9 Å². The number of hydrogen-bond acceptors (Lipinski definition) is 2. The molecule has 0 saturated carbocycles. The third-order valence-corrected chi connectivity index (χ3v) is 2.79. The Hall–Kier alpha value is 0.110. The summed E-state index contributed by atoms with van der Waals surface area (Å²) >= 11 is 3.15. The van der Waals surface area contributed by atoms with Gasteiger partial charge in [0.2, 0.25) is 0 Å². The van der Waals surface area contributed by atoms with Crippen molar-refractivity contribution in [3.63, 3.8) is 0 Å². The summed E-state index contributed by atoms with van der Waals surface area (Å²) < 4.78 is 5.51. The van der Waals surface area contributed by atoms with Crippen molar-refractivity contribution in [3.05, 3.63) is 0 Å². The van der Waals surface area contributed by atoms with Gasteiger partial charge in [-0.25, -0.2) is 0 Å². The molecule has 70 valence electrons. The Balaban J connectivity index is 2.09. The number of alkyl halides is 1. The number of hydrogen-bond donors (Lipinski definition) is 0. The van der Waals surface area contributed by atoms with Crippen molar-refractivity contribution >= 4 is 21.7 Å². The standard InChI is InChI=1S/C9H15BrO2/c10-7-8(11)4-5-9-3-1-2-6-12-9/h9H,1-7H2/t9-/m0/s1. The Kier molecular flexibility index (Phi) is 4.84. The highest BCUT2D eigenvalue weighted by molar-refractivity contribution is 9.09. The van der Waals surface area contributed by atoms with E-state index in [9.17, 15) is 4.79 Å². The van der Waals surface area contributed by atoms with Gasteiger partial charge in [-0.15, -0.1) is 0 Å². The van der Waals surface area contributed by atoms with Gasteiger partial charge in [0.15, 0.2) is 0 Å². The molecule has 0 aliphatic carbocycles. The summed E-state index contributed by atoms with van der Waals surface area (Å²) in [6.07, 6.45) is 5.49. The van der Waals surface area contributed by atoms with Gasteiger partial charge in [0, 0.05) is 13.0 Å². The molecule has 0 unspecified atom stereocenters. The van der Waals surface area contributed by atoms with Crippen LogP contribution in [0.3, 0.4) is 0 Å². The number of carbonyl (C=O) groups is 1. The zero-order valence-electron chi connectivity index (χ0n) is 7.22. The molecule has 0 spiro atoms. The molecule has 1 rings (SSSR count). The zero-order chi connectivity index (χ0) is 8.81. The molecule has 0 N–H and O–H groups in total. The first-order valence-corrected chi connectivity index (χ1v) is 5.64. The maximum absolute atomic E-state index is 11.0. The van der Waals surface area contributed by atoms with Crippen molar-refractivity contribution in [3.8, 4) is 0 Å². The number of rotatable bonds is 4. The lowest BCUT2D eigenvalue weighted by Crippen LogP contribution is -2.20. The van der Waals surface area contributed by atoms with Gasteiger partial charge < -0.3 is 4.74 Å². The van der Waals surface area contributed by atoms with Crippen LogP contribution in [-0.2, 0) is 9.53 Å². The van der Waals surface area contributed by atoms with Crippen molar-refractivity contribution < 1.29 is 9.53 Å². The van der Waals surface area contributed by atoms with E-state index in [2.05, 4.69) is 15.9 Å². The van der Waals surface area contributed by atoms with Crippen LogP contribution >= 0.6 is 15.9 Å². The maximum Gasteiger partial charge on any atom is 0.143 e. The summed E-state index contributed by atoms with van der Waals surface area (Å²) in [6, 6.07) is 0. The summed E-state index contributed by atoms with van der Waals surface area (Å²) in [5.41, 5.74) is 0. The van der Waals surface area contributed by atoms with Crippen LogP contribution in [0, 0.1) is 0 Å². The normalized spacial score (nSPS) is 23.9. The summed E-state index contributed by atoms with van der Waals surface area (Å²) in [5.74, 6) is 0.282. The molecule has 1 fully saturated rings. The van der Waals surface area contributed by atoms with E-state index in [1.54, 1.807) is 0 Å². The first kappa shape index (κ1) is 10.2. The summed E-state index contributed by atoms with van der Waals surface area (Å²) in [4.78, 5) is 11.0. The van der Waals surface area contributed by atoms with E-state index in [0.717, 1.165) is 19.4 Å². The Morgan fingerprint density at radius 3 is 2.92 bits per heavy atom. The molecule has 1 atom stereocenters. The molecule has 0 aromatic heterocycles. The van der Waals surface area contributed by atoms with Crippen molar-refractivity contribution in [1.29, 1.82) is 0 Å². The van der Waals surface area contributed by atoms with Crippen molar-refractivity contribution in [2.45, 2.75) is 38.2 Å².